The second-order valence-corrected chi connectivity index (χ2v) is 9.57. The Morgan fingerprint density at radius 3 is 1.83 bits per heavy atom. The van der Waals surface area contributed by atoms with Gasteiger partial charge in [0, 0.05) is 0 Å². The quantitative estimate of drug-likeness (QED) is 0.151. The first kappa shape index (κ1) is 31.6. The Morgan fingerprint density at radius 2 is 1.31 bits per heavy atom. The maximum absolute atomic E-state index is 13.9. The van der Waals surface area contributed by atoms with Crippen molar-refractivity contribution >= 4 is 24.1 Å². The first-order valence-corrected chi connectivity index (χ1v) is 13.3. The molecule has 3 rings (SSSR count). The van der Waals surface area contributed by atoms with Crippen molar-refractivity contribution in [1.82, 2.24) is 21.3 Å². The number of primary amides is 2. The predicted molar refractivity (Wildman–Crippen MR) is 156 cm³/mol. The number of hydrogen-bond donors (Lipinski definition) is 7. The van der Waals surface area contributed by atoms with Crippen LogP contribution in [0.25, 0.3) is 0 Å². The molecule has 0 aliphatic rings. The number of aliphatic hydroxyl groups excluding tert-OH is 1. The van der Waals surface area contributed by atoms with Gasteiger partial charge >= 0.3 is 18.2 Å². The Morgan fingerprint density at radius 1 is 0.762 bits per heavy atom. The van der Waals surface area contributed by atoms with Gasteiger partial charge in [0.1, 0.15) is 6.61 Å². The van der Waals surface area contributed by atoms with Crippen LogP contribution in [0.3, 0.4) is 0 Å². The van der Waals surface area contributed by atoms with Gasteiger partial charge in [-0.1, -0.05) is 91.0 Å². The highest BCUT2D eigenvalue weighted by atomic mass is 16.5. The van der Waals surface area contributed by atoms with Crippen LogP contribution in [-0.4, -0.2) is 60.5 Å². The molecule has 0 aliphatic heterocycles. The Kier molecular flexibility index (Phi) is 12.3. The van der Waals surface area contributed by atoms with E-state index in [0.29, 0.717) is 12.0 Å². The smallest absolute Gasteiger partial charge is 0.404 e. The van der Waals surface area contributed by atoms with Crippen molar-refractivity contribution in [2.45, 2.75) is 37.0 Å². The predicted octanol–water partition coefficient (Wildman–Crippen LogP) is 1.49. The van der Waals surface area contributed by atoms with Gasteiger partial charge < -0.3 is 31.9 Å². The molecule has 0 bridgehead atoms. The third-order valence-corrected chi connectivity index (χ3v) is 6.39. The maximum Gasteiger partial charge on any atom is 0.404 e. The molecule has 42 heavy (non-hydrogen) atoms. The van der Waals surface area contributed by atoms with Gasteiger partial charge in [0.15, 0.2) is 0 Å². The lowest BCUT2D eigenvalue weighted by molar-refractivity contribution is -0.124. The monoisotopic (exact) mass is 576 g/mol. The Bertz CT molecular complexity index is 1300. The van der Waals surface area contributed by atoms with Gasteiger partial charge in [-0.05, 0) is 29.5 Å². The number of ether oxygens (including phenoxy) is 1. The summed E-state index contributed by atoms with van der Waals surface area (Å²) < 4.78 is 5.04. The van der Waals surface area contributed by atoms with E-state index in [0.717, 1.165) is 11.1 Å². The SMILES string of the molecule is NC(=O)NC(=O)N[C@@H](CO)C(N[C@H](Cc1ccccc1)C(=O)N[C@@H](COC(N)=O)Cc1ccccc1)c1ccccc1. The van der Waals surface area contributed by atoms with E-state index in [1.807, 2.05) is 72.0 Å². The number of nitrogens with two attached hydrogens (primary N) is 2. The number of carbonyl (C=O) groups excluding carboxylic acids is 4. The zero-order valence-corrected chi connectivity index (χ0v) is 22.9. The summed E-state index contributed by atoms with van der Waals surface area (Å²) in [6, 6.07) is 22.5. The lowest BCUT2D eigenvalue weighted by Gasteiger charge is -2.32. The highest BCUT2D eigenvalue weighted by molar-refractivity contribution is 5.92. The summed E-state index contributed by atoms with van der Waals surface area (Å²) in [5.41, 5.74) is 12.7. The minimum atomic E-state index is -1.06. The Balaban J connectivity index is 1.91. The molecule has 12 nitrogen and oxygen atoms in total. The van der Waals surface area contributed by atoms with E-state index in [2.05, 4.69) is 16.0 Å². The van der Waals surface area contributed by atoms with Crippen LogP contribution in [0, 0.1) is 0 Å². The first-order valence-electron chi connectivity index (χ1n) is 13.3. The van der Waals surface area contributed by atoms with Crippen LogP contribution in [0.5, 0.6) is 0 Å². The molecule has 12 heteroatoms. The van der Waals surface area contributed by atoms with Crippen molar-refractivity contribution in [3.63, 3.8) is 0 Å². The molecule has 0 aliphatic carbocycles. The van der Waals surface area contributed by atoms with Gasteiger partial charge in [-0.15, -0.1) is 0 Å². The molecule has 0 saturated heterocycles. The van der Waals surface area contributed by atoms with Gasteiger partial charge in [0.05, 0.1) is 30.8 Å². The van der Waals surface area contributed by atoms with E-state index in [4.69, 9.17) is 16.2 Å². The highest BCUT2D eigenvalue weighted by Gasteiger charge is 2.31. The van der Waals surface area contributed by atoms with Crippen molar-refractivity contribution in [2.75, 3.05) is 13.2 Å². The van der Waals surface area contributed by atoms with E-state index in [9.17, 15) is 24.3 Å². The van der Waals surface area contributed by atoms with Crippen molar-refractivity contribution < 1.29 is 29.0 Å². The van der Waals surface area contributed by atoms with E-state index in [-0.39, 0.29) is 13.0 Å². The number of hydrogen-bond acceptors (Lipinski definition) is 7. The van der Waals surface area contributed by atoms with Gasteiger partial charge in [-0.25, -0.2) is 14.4 Å². The topological polar surface area (TPSA) is 198 Å². The number of carbonyl (C=O) groups is 4. The first-order chi connectivity index (χ1) is 20.2. The van der Waals surface area contributed by atoms with Crippen LogP contribution in [-0.2, 0) is 22.4 Å². The van der Waals surface area contributed by atoms with Crippen molar-refractivity contribution in [1.29, 1.82) is 0 Å². The molecule has 0 saturated carbocycles. The summed E-state index contributed by atoms with van der Waals surface area (Å²) in [6.45, 7) is -0.675. The summed E-state index contributed by atoms with van der Waals surface area (Å²) >= 11 is 0. The number of imide groups is 1. The summed E-state index contributed by atoms with van der Waals surface area (Å²) in [4.78, 5) is 48.8. The Labute approximate surface area is 243 Å². The van der Waals surface area contributed by atoms with Gasteiger partial charge in [-0.2, -0.15) is 0 Å². The zero-order chi connectivity index (χ0) is 30.3. The molecule has 0 aromatic heterocycles. The average Bonchev–Trinajstić information content (AvgIpc) is 2.98. The minimum Gasteiger partial charge on any atom is -0.448 e. The number of rotatable bonds is 14. The zero-order valence-electron chi connectivity index (χ0n) is 22.9. The minimum absolute atomic E-state index is 0.149. The molecule has 3 aromatic rings. The van der Waals surface area contributed by atoms with E-state index in [1.54, 1.807) is 24.3 Å². The molecule has 0 heterocycles. The highest BCUT2D eigenvalue weighted by Crippen LogP contribution is 2.19. The third kappa shape index (κ3) is 10.6. The molecular weight excluding hydrogens is 540 g/mol. The summed E-state index contributed by atoms with van der Waals surface area (Å²) in [6.07, 6.45) is -0.346. The fourth-order valence-corrected chi connectivity index (χ4v) is 4.48. The molecule has 4 atom stereocenters. The molecule has 9 N–H and O–H groups in total. The van der Waals surface area contributed by atoms with E-state index in [1.165, 1.54) is 0 Å². The average molecular weight is 577 g/mol. The van der Waals surface area contributed by atoms with Crippen molar-refractivity contribution in [2.24, 2.45) is 11.5 Å². The normalized spacial score (nSPS) is 13.5. The fraction of sp³-hybridized carbons (Fsp3) is 0.267. The van der Waals surface area contributed by atoms with Crippen LogP contribution in [0.4, 0.5) is 14.4 Å². The number of aliphatic hydroxyl groups is 1. The van der Waals surface area contributed by atoms with Crippen LogP contribution < -0.4 is 32.7 Å². The van der Waals surface area contributed by atoms with Crippen molar-refractivity contribution in [3.05, 3.63) is 108 Å². The lowest BCUT2D eigenvalue weighted by Crippen LogP contribution is -2.57. The van der Waals surface area contributed by atoms with Crippen LogP contribution in [0.2, 0.25) is 0 Å². The molecule has 1 unspecified atom stereocenters. The molecule has 0 fully saturated rings. The van der Waals surface area contributed by atoms with Gasteiger partial charge in [0.25, 0.3) is 0 Å². The fourth-order valence-electron chi connectivity index (χ4n) is 4.48. The molecular formula is C30H36N6O6. The number of urea groups is 2. The Hall–Kier alpha value is -4.94. The molecule has 6 amide bonds. The number of benzene rings is 3. The third-order valence-electron chi connectivity index (χ3n) is 6.39. The second kappa shape index (κ2) is 16.4. The van der Waals surface area contributed by atoms with Gasteiger partial charge in [0.2, 0.25) is 5.91 Å². The lowest BCUT2D eigenvalue weighted by atomic mass is 9.96. The summed E-state index contributed by atoms with van der Waals surface area (Å²) in [5, 5.41) is 21.0. The van der Waals surface area contributed by atoms with Crippen LogP contribution >= 0.6 is 0 Å². The van der Waals surface area contributed by atoms with E-state index < -0.39 is 54.8 Å². The van der Waals surface area contributed by atoms with Crippen LogP contribution in [0.1, 0.15) is 22.7 Å². The summed E-state index contributed by atoms with van der Waals surface area (Å²) in [7, 11) is 0. The van der Waals surface area contributed by atoms with Crippen molar-refractivity contribution in [3.8, 4) is 0 Å². The molecule has 0 radical (unpaired) electrons. The van der Waals surface area contributed by atoms with Crippen LogP contribution in [0.15, 0.2) is 91.0 Å². The number of amides is 6. The molecule has 0 spiro atoms. The standard InChI is InChI=1S/C30H36N6O6/c31-28(39)36-30(41)35-25(18-37)26(22-14-8-3-9-15-22)34-24(17-21-12-6-2-7-13-21)27(38)33-23(19-42-29(32)40)16-20-10-4-1-5-11-20/h1-15,23-26,34,37H,16-19H2,(H2,32,40)(H,33,38)(H4,31,35,36,39,41)/t23-,24-,25+,26?/m1/s1. The largest absolute Gasteiger partial charge is 0.448 e. The molecule has 222 valence electrons. The molecule has 3 aromatic carbocycles. The maximum atomic E-state index is 13.9. The number of nitrogens with one attached hydrogen (secondary N) is 4. The van der Waals surface area contributed by atoms with E-state index >= 15 is 0 Å². The summed E-state index contributed by atoms with van der Waals surface area (Å²) in [5.74, 6) is -0.410. The second-order valence-electron chi connectivity index (χ2n) is 9.57. The van der Waals surface area contributed by atoms with Gasteiger partial charge in [-0.3, -0.25) is 15.4 Å².